The van der Waals surface area contributed by atoms with Gasteiger partial charge in [0.1, 0.15) is 0 Å². The lowest BCUT2D eigenvalue weighted by Gasteiger charge is -2.44. The van der Waals surface area contributed by atoms with E-state index in [0.29, 0.717) is 19.2 Å². The van der Waals surface area contributed by atoms with Crippen LogP contribution >= 0.6 is 0 Å². The summed E-state index contributed by atoms with van der Waals surface area (Å²) < 4.78 is 5.00. The summed E-state index contributed by atoms with van der Waals surface area (Å²) in [5, 5.41) is 0. The average Bonchev–Trinajstić information content (AvgIpc) is 2.41. The quantitative estimate of drug-likeness (QED) is 0.546. The van der Waals surface area contributed by atoms with Crippen molar-refractivity contribution in [1.29, 1.82) is 0 Å². The van der Waals surface area contributed by atoms with Gasteiger partial charge in [-0.3, -0.25) is 21.6 Å². The molecule has 0 atom stereocenters. The molecular weight excluding hydrogens is 242 g/mol. The lowest BCUT2D eigenvalue weighted by atomic mass is 10.0. The number of hydrogen-bond acceptors (Lipinski definition) is 5. The zero-order valence-electron chi connectivity index (χ0n) is 12.0. The molecule has 0 aromatic carbocycles. The smallest absolute Gasteiger partial charge is 0.320 e. The molecule has 2 aliphatic rings. The highest BCUT2D eigenvalue weighted by molar-refractivity contribution is 5.71. The summed E-state index contributed by atoms with van der Waals surface area (Å²) in [5.74, 6) is -0.0911. The molecular formula is C14H26N3O2-. The number of rotatable bonds is 4. The molecule has 2 heterocycles. The minimum atomic E-state index is -0.0911. The third-order valence-corrected chi connectivity index (χ3v) is 4.14. The number of ether oxygens (including phenoxy) is 1. The Morgan fingerprint density at radius 3 is 2.37 bits per heavy atom. The lowest BCUT2D eigenvalue weighted by Crippen LogP contribution is -2.52. The number of piperazine rings is 1. The van der Waals surface area contributed by atoms with Crippen molar-refractivity contribution in [2.24, 2.45) is 0 Å². The lowest BCUT2D eigenvalue weighted by molar-refractivity contribution is -0.144. The molecule has 0 bridgehead atoms. The van der Waals surface area contributed by atoms with E-state index in [4.69, 9.17) is 4.74 Å². The maximum absolute atomic E-state index is 11.4. The summed E-state index contributed by atoms with van der Waals surface area (Å²) >= 11 is 0. The monoisotopic (exact) mass is 268 g/mol. The molecule has 2 saturated heterocycles. The maximum atomic E-state index is 11.4. The largest absolute Gasteiger partial charge is 0.465 e. The van der Waals surface area contributed by atoms with E-state index in [-0.39, 0.29) is 5.97 Å². The summed E-state index contributed by atoms with van der Waals surface area (Å²) in [6, 6.07) is 0.687. The van der Waals surface area contributed by atoms with Crippen molar-refractivity contribution in [3.05, 3.63) is 7.05 Å². The molecule has 0 unspecified atom stereocenters. The van der Waals surface area contributed by atoms with Gasteiger partial charge in [0, 0.05) is 32.2 Å². The highest BCUT2D eigenvalue weighted by atomic mass is 16.5. The number of hydrogen-bond donors (Lipinski definition) is 0. The molecule has 5 nitrogen and oxygen atoms in total. The van der Waals surface area contributed by atoms with Crippen LogP contribution in [0.15, 0.2) is 0 Å². The van der Waals surface area contributed by atoms with Crippen LogP contribution in [-0.2, 0) is 9.53 Å². The van der Waals surface area contributed by atoms with Crippen molar-refractivity contribution in [3.8, 4) is 0 Å². The standard InChI is InChI=1S/C14H26N3O2/c1-3-19-14(18)12-16-6-4-13(5-7-16)17-10-8-15(2)9-11-17/h13H,2-12H2,1H3/q-1. The summed E-state index contributed by atoms with van der Waals surface area (Å²) in [6.45, 7) is 9.20. The van der Waals surface area contributed by atoms with Crippen molar-refractivity contribution >= 4 is 5.97 Å². The fourth-order valence-corrected chi connectivity index (χ4v) is 2.96. The Morgan fingerprint density at radius 1 is 1.16 bits per heavy atom. The van der Waals surface area contributed by atoms with Gasteiger partial charge in [-0.2, -0.15) is 0 Å². The zero-order valence-corrected chi connectivity index (χ0v) is 12.0. The van der Waals surface area contributed by atoms with Crippen molar-refractivity contribution in [2.75, 3.05) is 52.4 Å². The Bertz CT molecular complexity index is 282. The van der Waals surface area contributed by atoms with E-state index in [1.54, 1.807) is 0 Å². The Morgan fingerprint density at radius 2 is 1.79 bits per heavy atom. The zero-order chi connectivity index (χ0) is 13.7. The Hall–Kier alpha value is -0.650. The van der Waals surface area contributed by atoms with Crippen LogP contribution in [0.3, 0.4) is 0 Å². The first-order valence-corrected chi connectivity index (χ1v) is 7.36. The van der Waals surface area contributed by atoms with Crippen LogP contribution in [0.5, 0.6) is 0 Å². The van der Waals surface area contributed by atoms with Crippen molar-refractivity contribution in [3.63, 3.8) is 0 Å². The molecule has 2 fully saturated rings. The summed E-state index contributed by atoms with van der Waals surface area (Å²) in [7, 11) is 3.99. The highest BCUT2D eigenvalue weighted by Gasteiger charge is 2.26. The van der Waals surface area contributed by atoms with Crippen LogP contribution in [0.2, 0.25) is 0 Å². The van der Waals surface area contributed by atoms with Gasteiger partial charge in [-0.15, -0.1) is 0 Å². The molecule has 19 heavy (non-hydrogen) atoms. The van der Waals surface area contributed by atoms with Crippen LogP contribution in [-0.4, -0.2) is 79.1 Å². The van der Waals surface area contributed by atoms with E-state index >= 15 is 0 Å². The number of piperidine rings is 1. The molecule has 0 spiro atoms. The number of likely N-dealkylation sites (tertiary alicyclic amines) is 1. The second kappa shape index (κ2) is 7.22. The molecule has 0 aromatic rings. The molecule has 0 radical (unpaired) electrons. The Kier molecular flexibility index (Phi) is 5.60. The van der Waals surface area contributed by atoms with Gasteiger partial charge in [0.15, 0.2) is 0 Å². The predicted octanol–water partition coefficient (Wildman–Crippen LogP) is 0.423. The molecule has 0 aromatic heterocycles. The van der Waals surface area contributed by atoms with E-state index in [9.17, 15) is 4.79 Å². The fraction of sp³-hybridized carbons (Fsp3) is 0.857. The van der Waals surface area contributed by atoms with Crippen LogP contribution in [0, 0.1) is 7.05 Å². The van der Waals surface area contributed by atoms with Crippen molar-refractivity contribution in [1.82, 2.24) is 14.7 Å². The fourth-order valence-electron chi connectivity index (χ4n) is 2.96. The first-order chi connectivity index (χ1) is 9.19. The SMILES string of the molecule is [CH2-]N1CCN(C2CCN(CC(=O)OCC)CC2)CC1. The first kappa shape index (κ1) is 14.8. The number of nitrogens with zero attached hydrogens (tertiary/aromatic N) is 3. The van der Waals surface area contributed by atoms with Gasteiger partial charge in [-0.25, -0.2) is 0 Å². The minimum absolute atomic E-state index is 0.0911. The van der Waals surface area contributed by atoms with Crippen LogP contribution in [0.4, 0.5) is 0 Å². The summed E-state index contributed by atoms with van der Waals surface area (Å²) in [6.07, 6.45) is 2.33. The van der Waals surface area contributed by atoms with E-state index in [1.807, 2.05) is 6.92 Å². The van der Waals surface area contributed by atoms with Gasteiger partial charge in [-0.1, -0.05) is 0 Å². The van der Waals surface area contributed by atoms with E-state index in [0.717, 1.165) is 52.1 Å². The van der Waals surface area contributed by atoms with Crippen LogP contribution in [0.1, 0.15) is 19.8 Å². The molecule has 0 saturated carbocycles. The van der Waals surface area contributed by atoms with Crippen LogP contribution in [0.25, 0.3) is 0 Å². The molecule has 2 aliphatic heterocycles. The van der Waals surface area contributed by atoms with Crippen LogP contribution < -0.4 is 0 Å². The van der Waals surface area contributed by atoms with Crippen molar-refractivity contribution in [2.45, 2.75) is 25.8 Å². The molecule has 0 aliphatic carbocycles. The first-order valence-electron chi connectivity index (χ1n) is 7.36. The third kappa shape index (κ3) is 4.44. The Balaban J connectivity index is 1.69. The van der Waals surface area contributed by atoms with E-state index in [1.165, 1.54) is 0 Å². The highest BCUT2D eigenvalue weighted by Crippen LogP contribution is 2.18. The predicted molar refractivity (Wildman–Crippen MR) is 74.6 cm³/mol. The molecule has 110 valence electrons. The molecule has 0 N–H and O–H groups in total. The van der Waals surface area contributed by atoms with Gasteiger partial charge in [0.2, 0.25) is 0 Å². The number of esters is 1. The van der Waals surface area contributed by atoms with Gasteiger partial charge in [0.05, 0.1) is 13.2 Å². The van der Waals surface area contributed by atoms with Gasteiger partial charge >= 0.3 is 5.97 Å². The normalized spacial score (nSPS) is 24.5. The number of carbonyl (C=O) groups excluding carboxylic acids is 1. The topological polar surface area (TPSA) is 36.0 Å². The second-order valence-electron chi connectivity index (χ2n) is 5.47. The maximum Gasteiger partial charge on any atom is 0.320 e. The average molecular weight is 268 g/mol. The van der Waals surface area contributed by atoms with Crippen molar-refractivity contribution < 1.29 is 9.53 Å². The number of carbonyl (C=O) groups is 1. The Labute approximate surface area is 116 Å². The molecule has 5 heteroatoms. The summed E-state index contributed by atoms with van der Waals surface area (Å²) in [4.78, 5) is 18.4. The van der Waals surface area contributed by atoms with Gasteiger partial charge < -0.3 is 9.64 Å². The van der Waals surface area contributed by atoms with E-state index in [2.05, 4.69) is 21.7 Å². The second-order valence-corrected chi connectivity index (χ2v) is 5.47. The van der Waals surface area contributed by atoms with Gasteiger partial charge in [0.25, 0.3) is 0 Å². The third-order valence-electron chi connectivity index (χ3n) is 4.14. The molecule has 0 amide bonds. The van der Waals surface area contributed by atoms with Gasteiger partial charge in [-0.05, 0) is 32.9 Å². The minimum Gasteiger partial charge on any atom is -0.465 e. The van der Waals surface area contributed by atoms with E-state index < -0.39 is 0 Å². The summed E-state index contributed by atoms with van der Waals surface area (Å²) in [5.41, 5.74) is 0. The molecule has 2 rings (SSSR count).